The third-order valence-corrected chi connectivity index (χ3v) is 2.49. The van der Waals surface area contributed by atoms with Crippen LogP contribution in [0.2, 0.25) is 5.02 Å². The van der Waals surface area contributed by atoms with Gasteiger partial charge in [-0.25, -0.2) is 0 Å². The highest BCUT2D eigenvalue weighted by Crippen LogP contribution is 2.31. The lowest BCUT2D eigenvalue weighted by Gasteiger charge is -2.06. The lowest BCUT2D eigenvalue weighted by molar-refractivity contribution is -0.384. The Morgan fingerprint density at radius 3 is 2.28 bits per heavy atom. The molecule has 18 heavy (non-hydrogen) atoms. The molecule has 0 saturated heterocycles. The van der Waals surface area contributed by atoms with Gasteiger partial charge in [0.05, 0.1) is 4.92 Å². The maximum absolute atomic E-state index is 10.6. The van der Waals surface area contributed by atoms with Crippen LogP contribution in [0.25, 0.3) is 0 Å². The number of rotatable bonds is 3. The summed E-state index contributed by atoms with van der Waals surface area (Å²) in [6.07, 6.45) is 0. The van der Waals surface area contributed by atoms with Gasteiger partial charge in [-0.05, 0) is 30.3 Å². The maximum Gasteiger partial charge on any atom is 0.288 e. The van der Waals surface area contributed by atoms with Crippen molar-refractivity contribution in [2.75, 3.05) is 0 Å². The van der Waals surface area contributed by atoms with Crippen LogP contribution >= 0.6 is 11.6 Å². The van der Waals surface area contributed by atoms with Gasteiger partial charge in [0, 0.05) is 12.1 Å². The Morgan fingerprint density at radius 2 is 1.72 bits per heavy atom. The molecule has 0 aliphatic carbocycles. The number of hydrogen-bond donors (Lipinski definition) is 1. The van der Waals surface area contributed by atoms with Crippen LogP contribution in [0.4, 0.5) is 5.69 Å². The molecule has 0 atom stereocenters. The number of halogens is 1. The number of phenols is 1. The van der Waals surface area contributed by atoms with Crippen LogP contribution in [-0.2, 0) is 0 Å². The number of ether oxygens (including phenoxy) is 1. The minimum atomic E-state index is -0.563. The number of nitro groups is 1. The van der Waals surface area contributed by atoms with E-state index in [1.54, 1.807) is 12.1 Å². The lowest BCUT2D eigenvalue weighted by atomic mass is 10.3. The smallest absolute Gasteiger partial charge is 0.288 e. The van der Waals surface area contributed by atoms with E-state index in [9.17, 15) is 10.1 Å². The van der Waals surface area contributed by atoms with Crippen LogP contribution in [0.3, 0.4) is 0 Å². The van der Waals surface area contributed by atoms with Crippen LogP contribution in [0.5, 0.6) is 17.2 Å². The highest BCUT2D eigenvalue weighted by molar-refractivity contribution is 6.32. The van der Waals surface area contributed by atoms with E-state index >= 15 is 0 Å². The zero-order valence-corrected chi connectivity index (χ0v) is 9.79. The first-order valence-corrected chi connectivity index (χ1v) is 5.35. The Morgan fingerprint density at radius 1 is 1.11 bits per heavy atom. The van der Waals surface area contributed by atoms with E-state index in [0.29, 0.717) is 11.5 Å². The molecule has 2 aromatic carbocycles. The van der Waals surface area contributed by atoms with Gasteiger partial charge in [0.25, 0.3) is 5.69 Å². The maximum atomic E-state index is 10.6. The average molecular weight is 266 g/mol. The van der Waals surface area contributed by atoms with Gasteiger partial charge in [0.1, 0.15) is 22.3 Å². The third kappa shape index (κ3) is 2.70. The van der Waals surface area contributed by atoms with Gasteiger partial charge in [0.15, 0.2) is 0 Å². The van der Waals surface area contributed by atoms with Gasteiger partial charge in [-0.1, -0.05) is 11.6 Å². The molecule has 0 aliphatic rings. The molecule has 0 aliphatic heterocycles. The fourth-order valence-corrected chi connectivity index (χ4v) is 1.59. The average Bonchev–Trinajstić information content (AvgIpc) is 2.32. The van der Waals surface area contributed by atoms with Crippen molar-refractivity contribution in [1.82, 2.24) is 0 Å². The first kappa shape index (κ1) is 12.2. The predicted octanol–water partition coefficient (Wildman–Crippen LogP) is 3.75. The van der Waals surface area contributed by atoms with Gasteiger partial charge in [-0.3, -0.25) is 10.1 Å². The monoisotopic (exact) mass is 265 g/mol. The number of nitrogens with zero attached hydrogens (tertiary/aromatic N) is 1. The fraction of sp³-hybridized carbons (Fsp3) is 0. The first-order chi connectivity index (χ1) is 8.56. The SMILES string of the molecule is O=[N+]([O-])c1ccc(Oc2ccc(O)cc2)cc1Cl. The summed E-state index contributed by atoms with van der Waals surface area (Å²) in [5.74, 6) is 1.01. The van der Waals surface area contributed by atoms with Crippen molar-refractivity contribution in [2.45, 2.75) is 0 Å². The van der Waals surface area contributed by atoms with Gasteiger partial charge in [-0.15, -0.1) is 0 Å². The van der Waals surface area contributed by atoms with Crippen LogP contribution in [0, 0.1) is 10.1 Å². The lowest BCUT2D eigenvalue weighted by Crippen LogP contribution is -1.90. The van der Waals surface area contributed by atoms with Crippen molar-refractivity contribution >= 4 is 17.3 Å². The largest absolute Gasteiger partial charge is 0.508 e. The van der Waals surface area contributed by atoms with Crippen LogP contribution < -0.4 is 4.74 Å². The van der Waals surface area contributed by atoms with Crippen molar-refractivity contribution < 1.29 is 14.8 Å². The molecule has 92 valence electrons. The summed E-state index contributed by atoms with van der Waals surface area (Å²) in [7, 11) is 0. The van der Waals surface area contributed by atoms with E-state index in [1.165, 1.54) is 30.3 Å². The normalized spacial score (nSPS) is 10.1. The summed E-state index contributed by atoms with van der Waals surface area (Å²) in [6.45, 7) is 0. The van der Waals surface area contributed by atoms with Crippen LogP contribution in [0.1, 0.15) is 0 Å². The zero-order chi connectivity index (χ0) is 13.1. The molecule has 6 heteroatoms. The third-order valence-electron chi connectivity index (χ3n) is 2.19. The van der Waals surface area contributed by atoms with Gasteiger partial charge < -0.3 is 9.84 Å². The second-order valence-corrected chi connectivity index (χ2v) is 3.87. The molecule has 0 amide bonds. The van der Waals surface area contributed by atoms with Gasteiger partial charge >= 0.3 is 0 Å². The van der Waals surface area contributed by atoms with Crippen molar-refractivity contribution in [2.24, 2.45) is 0 Å². The highest BCUT2D eigenvalue weighted by Gasteiger charge is 2.12. The number of hydrogen-bond acceptors (Lipinski definition) is 4. The Bertz CT molecular complexity index is 583. The molecule has 0 bridgehead atoms. The highest BCUT2D eigenvalue weighted by atomic mass is 35.5. The predicted molar refractivity (Wildman–Crippen MR) is 66.3 cm³/mol. The van der Waals surface area contributed by atoms with E-state index < -0.39 is 4.92 Å². The Labute approximate surface area is 107 Å². The molecule has 2 rings (SSSR count). The minimum absolute atomic E-state index is 0.0104. The number of aromatic hydroxyl groups is 1. The van der Waals surface area contributed by atoms with E-state index in [4.69, 9.17) is 21.4 Å². The number of phenolic OH excluding ortho intramolecular Hbond substituents is 1. The molecule has 0 aromatic heterocycles. The number of nitro benzene ring substituents is 1. The Hall–Kier alpha value is -2.27. The Balaban J connectivity index is 2.22. The van der Waals surface area contributed by atoms with Crippen molar-refractivity contribution in [3.8, 4) is 17.2 Å². The minimum Gasteiger partial charge on any atom is -0.508 e. The summed E-state index contributed by atoms with van der Waals surface area (Å²) < 4.78 is 5.43. The zero-order valence-electron chi connectivity index (χ0n) is 9.04. The molecule has 0 fully saturated rings. The van der Waals surface area contributed by atoms with Crippen LogP contribution in [0.15, 0.2) is 42.5 Å². The van der Waals surface area contributed by atoms with Gasteiger partial charge in [0.2, 0.25) is 0 Å². The molecule has 0 heterocycles. The molecule has 0 radical (unpaired) electrons. The van der Waals surface area contributed by atoms with Crippen molar-refractivity contribution in [3.05, 3.63) is 57.6 Å². The first-order valence-electron chi connectivity index (χ1n) is 4.97. The second kappa shape index (κ2) is 4.93. The van der Waals surface area contributed by atoms with E-state index in [0.717, 1.165) is 0 Å². The summed E-state index contributed by atoms with van der Waals surface area (Å²) in [4.78, 5) is 10.0. The molecular weight excluding hydrogens is 258 g/mol. The van der Waals surface area contributed by atoms with Crippen molar-refractivity contribution in [3.63, 3.8) is 0 Å². The quantitative estimate of drug-likeness (QED) is 0.678. The summed E-state index contributed by atoms with van der Waals surface area (Å²) in [5, 5.41) is 19.7. The summed E-state index contributed by atoms with van der Waals surface area (Å²) in [6, 6.07) is 10.2. The molecular formula is C12H8ClNO4. The van der Waals surface area contributed by atoms with E-state index in [-0.39, 0.29) is 16.5 Å². The second-order valence-electron chi connectivity index (χ2n) is 3.47. The molecule has 0 spiro atoms. The molecule has 0 unspecified atom stereocenters. The standard InChI is InChI=1S/C12H8ClNO4/c13-11-7-10(5-6-12(11)14(16)17)18-9-3-1-8(15)2-4-9/h1-7,15H. The summed E-state index contributed by atoms with van der Waals surface area (Å²) >= 11 is 5.75. The topological polar surface area (TPSA) is 72.6 Å². The molecule has 2 aromatic rings. The van der Waals surface area contributed by atoms with Crippen molar-refractivity contribution in [1.29, 1.82) is 0 Å². The van der Waals surface area contributed by atoms with E-state index in [1.807, 2.05) is 0 Å². The van der Waals surface area contributed by atoms with Gasteiger partial charge in [-0.2, -0.15) is 0 Å². The molecule has 0 saturated carbocycles. The summed E-state index contributed by atoms with van der Waals surface area (Å²) in [5.41, 5.74) is -0.172. The number of benzene rings is 2. The van der Waals surface area contributed by atoms with Crippen LogP contribution in [-0.4, -0.2) is 10.0 Å². The fourth-order valence-electron chi connectivity index (χ4n) is 1.35. The molecule has 1 N–H and O–H groups in total. The van der Waals surface area contributed by atoms with E-state index in [2.05, 4.69) is 0 Å². The Kier molecular flexibility index (Phi) is 3.34. The molecule has 5 nitrogen and oxygen atoms in total.